The van der Waals surface area contributed by atoms with E-state index < -0.39 is 18.1 Å². The van der Waals surface area contributed by atoms with Crippen LogP contribution >= 0.6 is 11.8 Å². The molecule has 0 spiro atoms. The van der Waals surface area contributed by atoms with Crippen molar-refractivity contribution >= 4 is 23.6 Å². The SMILES string of the molecule is O=C(O)[C@H]1CCCN1C(=O)C1CSc2ccccc2O1. The Labute approximate surface area is 120 Å². The van der Waals surface area contributed by atoms with E-state index in [1.165, 1.54) is 4.90 Å². The highest BCUT2D eigenvalue weighted by molar-refractivity contribution is 7.99. The van der Waals surface area contributed by atoms with E-state index in [0.717, 1.165) is 11.3 Å². The summed E-state index contributed by atoms with van der Waals surface area (Å²) in [6, 6.07) is 6.88. The van der Waals surface area contributed by atoms with Gasteiger partial charge in [0.1, 0.15) is 11.8 Å². The quantitative estimate of drug-likeness (QED) is 0.897. The minimum Gasteiger partial charge on any atom is -0.480 e. The minimum absolute atomic E-state index is 0.211. The molecule has 0 aliphatic carbocycles. The van der Waals surface area contributed by atoms with Crippen molar-refractivity contribution in [1.82, 2.24) is 4.90 Å². The number of benzene rings is 1. The molecule has 1 aromatic carbocycles. The summed E-state index contributed by atoms with van der Waals surface area (Å²) in [7, 11) is 0. The van der Waals surface area contributed by atoms with Crippen molar-refractivity contribution in [3.8, 4) is 5.75 Å². The standard InChI is InChI=1S/C14H15NO4S/c16-13(15-7-3-4-9(15)14(17)18)11-8-20-12-6-2-1-5-10(12)19-11/h1-2,5-6,9,11H,3-4,7-8H2,(H,17,18)/t9-,11?/m1/s1. The summed E-state index contributed by atoms with van der Waals surface area (Å²) in [5, 5.41) is 9.15. The number of carbonyl (C=O) groups excluding carboxylic acids is 1. The molecule has 6 heteroatoms. The smallest absolute Gasteiger partial charge is 0.326 e. The Morgan fingerprint density at radius 1 is 1.35 bits per heavy atom. The van der Waals surface area contributed by atoms with Crippen molar-refractivity contribution in [1.29, 1.82) is 0 Å². The molecular formula is C14H15NO4S. The van der Waals surface area contributed by atoms with Crippen LogP contribution in [0.5, 0.6) is 5.75 Å². The summed E-state index contributed by atoms with van der Waals surface area (Å²) in [6.45, 7) is 0.502. The lowest BCUT2D eigenvalue weighted by molar-refractivity contribution is -0.150. The Morgan fingerprint density at radius 2 is 2.15 bits per heavy atom. The third-order valence-electron chi connectivity index (χ3n) is 3.60. The van der Waals surface area contributed by atoms with Crippen molar-refractivity contribution in [2.45, 2.75) is 29.9 Å². The average Bonchev–Trinajstić information content (AvgIpc) is 2.95. The van der Waals surface area contributed by atoms with Crippen molar-refractivity contribution in [2.24, 2.45) is 0 Å². The first-order valence-corrected chi connectivity index (χ1v) is 7.57. The molecular weight excluding hydrogens is 278 g/mol. The predicted octanol–water partition coefficient (Wildman–Crippen LogP) is 1.62. The van der Waals surface area contributed by atoms with Gasteiger partial charge in [0.05, 0.1) is 0 Å². The van der Waals surface area contributed by atoms with E-state index in [1.54, 1.807) is 11.8 Å². The number of carboxylic acids is 1. The van der Waals surface area contributed by atoms with Gasteiger partial charge < -0.3 is 14.7 Å². The van der Waals surface area contributed by atoms with Gasteiger partial charge in [-0.3, -0.25) is 4.79 Å². The van der Waals surface area contributed by atoms with E-state index in [2.05, 4.69) is 0 Å². The number of hydrogen-bond acceptors (Lipinski definition) is 4. The molecule has 2 aliphatic heterocycles. The fourth-order valence-electron chi connectivity index (χ4n) is 2.61. The van der Waals surface area contributed by atoms with Crippen LogP contribution in [0.2, 0.25) is 0 Å². The maximum Gasteiger partial charge on any atom is 0.326 e. The second-order valence-electron chi connectivity index (χ2n) is 4.89. The van der Waals surface area contributed by atoms with Gasteiger partial charge in [0, 0.05) is 17.2 Å². The molecule has 5 nitrogen and oxygen atoms in total. The second-order valence-corrected chi connectivity index (χ2v) is 5.95. The summed E-state index contributed by atoms with van der Waals surface area (Å²) in [4.78, 5) is 26.1. The Morgan fingerprint density at radius 3 is 2.95 bits per heavy atom. The number of carboxylic acid groups (broad SMARTS) is 1. The van der Waals surface area contributed by atoms with Crippen LogP contribution in [0.25, 0.3) is 0 Å². The molecule has 1 saturated heterocycles. The third kappa shape index (κ3) is 2.35. The van der Waals surface area contributed by atoms with Crippen LogP contribution in [0.1, 0.15) is 12.8 Å². The van der Waals surface area contributed by atoms with Crippen LogP contribution in [0.4, 0.5) is 0 Å². The minimum atomic E-state index is -0.931. The Bertz CT molecular complexity index is 548. The lowest BCUT2D eigenvalue weighted by Gasteiger charge is -2.30. The number of thioether (sulfide) groups is 1. The molecule has 2 aliphatic rings. The van der Waals surface area contributed by atoms with Gasteiger partial charge in [-0.15, -0.1) is 11.8 Å². The number of carbonyl (C=O) groups is 2. The number of aliphatic carboxylic acids is 1. The van der Waals surface area contributed by atoms with E-state index >= 15 is 0 Å². The summed E-state index contributed by atoms with van der Waals surface area (Å²) >= 11 is 1.57. The zero-order valence-corrected chi connectivity index (χ0v) is 11.6. The molecule has 2 heterocycles. The zero-order valence-electron chi connectivity index (χ0n) is 10.8. The molecule has 106 valence electrons. The fraction of sp³-hybridized carbons (Fsp3) is 0.429. The summed E-state index contributed by atoms with van der Waals surface area (Å²) in [5.41, 5.74) is 0. The Kier molecular flexibility index (Phi) is 3.56. The van der Waals surface area contributed by atoms with Gasteiger partial charge in [-0.2, -0.15) is 0 Å². The van der Waals surface area contributed by atoms with Crippen molar-refractivity contribution < 1.29 is 19.4 Å². The van der Waals surface area contributed by atoms with Gasteiger partial charge in [-0.1, -0.05) is 12.1 Å². The number of likely N-dealkylation sites (tertiary alicyclic amines) is 1. The topological polar surface area (TPSA) is 66.8 Å². The summed E-state index contributed by atoms with van der Waals surface area (Å²) in [6.07, 6.45) is 0.672. The third-order valence-corrected chi connectivity index (χ3v) is 4.72. The molecule has 0 aromatic heterocycles. The van der Waals surface area contributed by atoms with Gasteiger partial charge in [-0.25, -0.2) is 4.79 Å². The highest BCUT2D eigenvalue weighted by Crippen LogP contribution is 2.35. The molecule has 2 atom stereocenters. The lowest BCUT2D eigenvalue weighted by Crippen LogP contribution is -2.48. The fourth-order valence-corrected chi connectivity index (χ4v) is 3.59. The van der Waals surface area contributed by atoms with Crippen molar-refractivity contribution in [3.63, 3.8) is 0 Å². The summed E-state index contributed by atoms with van der Waals surface area (Å²) in [5.74, 6) is 0.0865. The molecule has 1 aromatic rings. The normalized spacial score (nSPS) is 24.9. The van der Waals surface area contributed by atoms with Crippen LogP contribution in [-0.2, 0) is 9.59 Å². The van der Waals surface area contributed by atoms with Crippen LogP contribution < -0.4 is 4.74 Å². The number of rotatable bonds is 2. The predicted molar refractivity (Wildman–Crippen MR) is 74.0 cm³/mol. The highest BCUT2D eigenvalue weighted by atomic mass is 32.2. The number of hydrogen-bond donors (Lipinski definition) is 1. The zero-order chi connectivity index (χ0) is 14.1. The van der Waals surface area contributed by atoms with Gasteiger partial charge >= 0.3 is 5.97 Å². The first kappa shape index (κ1) is 13.3. The van der Waals surface area contributed by atoms with E-state index in [4.69, 9.17) is 9.84 Å². The Balaban J connectivity index is 1.74. The average molecular weight is 293 g/mol. The molecule has 20 heavy (non-hydrogen) atoms. The van der Waals surface area contributed by atoms with Gasteiger partial charge in [-0.05, 0) is 25.0 Å². The monoisotopic (exact) mass is 293 g/mol. The maximum absolute atomic E-state index is 12.4. The van der Waals surface area contributed by atoms with Gasteiger partial charge in [0.2, 0.25) is 0 Å². The number of para-hydroxylation sites is 1. The van der Waals surface area contributed by atoms with Gasteiger partial charge in [0.25, 0.3) is 5.91 Å². The van der Waals surface area contributed by atoms with E-state index in [0.29, 0.717) is 24.5 Å². The van der Waals surface area contributed by atoms with Crippen LogP contribution in [-0.4, -0.2) is 46.3 Å². The molecule has 0 bridgehead atoms. The first-order valence-electron chi connectivity index (χ1n) is 6.58. The number of amides is 1. The second kappa shape index (κ2) is 5.36. The van der Waals surface area contributed by atoms with Crippen molar-refractivity contribution in [3.05, 3.63) is 24.3 Å². The molecule has 3 rings (SSSR count). The van der Waals surface area contributed by atoms with E-state index in [1.807, 2.05) is 24.3 Å². The van der Waals surface area contributed by atoms with Crippen molar-refractivity contribution in [2.75, 3.05) is 12.3 Å². The molecule has 1 fully saturated rings. The van der Waals surface area contributed by atoms with Gasteiger partial charge in [0.15, 0.2) is 6.10 Å². The first-order chi connectivity index (χ1) is 9.66. The van der Waals surface area contributed by atoms with Crippen LogP contribution in [0, 0.1) is 0 Å². The number of nitrogens with zero attached hydrogens (tertiary/aromatic N) is 1. The van der Waals surface area contributed by atoms with E-state index in [-0.39, 0.29) is 5.91 Å². The number of fused-ring (bicyclic) bond motifs is 1. The molecule has 1 unspecified atom stereocenters. The number of ether oxygens (including phenoxy) is 1. The maximum atomic E-state index is 12.4. The lowest BCUT2D eigenvalue weighted by atomic mass is 10.2. The molecule has 1 N–H and O–H groups in total. The molecule has 0 radical (unpaired) electrons. The van der Waals surface area contributed by atoms with Crippen LogP contribution in [0.15, 0.2) is 29.2 Å². The molecule has 0 saturated carbocycles. The Hall–Kier alpha value is -1.69. The highest BCUT2D eigenvalue weighted by Gasteiger charge is 2.39. The largest absolute Gasteiger partial charge is 0.480 e. The van der Waals surface area contributed by atoms with E-state index in [9.17, 15) is 9.59 Å². The van der Waals surface area contributed by atoms with Crippen LogP contribution in [0.3, 0.4) is 0 Å². The molecule has 1 amide bonds. The summed E-state index contributed by atoms with van der Waals surface area (Å²) < 4.78 is 5.73.